The zero-order valence-corrected chi connectivity index (χ0v) is 18.8. The number of piperidine rings is 1. The van der Waals surface area contributed by atoms with E-state index < -0.39 is 6.10 Å². The predicted molar refractivity (Wildman–Crippen MR) is 122 cm³/mol. The quantitative estimate of drug-likeness (QED) is 0.688. The molecule has 1 saturated heterocycles. The summed E-state index contributed by atoms with van der Waals surface area (Å²) < 4.78 is 5.59. The minimum absolute atomic E-state index is 0.00206. The summed E-state index contributed by atoms with van der Waals surface area (Å²) in [5.74, 6) is -0.821. The van der Waals surface area contributed by atoms with Crippen molar-refractivity contribution in [3.63, 3.8) is 0 Å². The molecule has 0 aliphatic carbocycles. The molecule has 2 aliphatic heterocycles. The number of carbonyl (C=O) groups is 3. The number of benzene rings is 2. The van der Waals surface area contributed by atoms with E-state index in [2.05, 4.69) is 0 Å². The van der Waals surface area contributed by atoms with E-state index in [-0.39, 0.29) is 23.7 Å². The van der Waals surface area contributed by atoms with Gasteiger partial charge in [0.05, 0.1) is 5.92 Å². The number of para-hydroxylation sites is 1. The smallest absolute Gasteiger partial charge is 0.309 e. The van der Waals surface area contributed by atoms with E-state index >= 15 is 0 Å². The molecule has 0 aromatic heterocycles. The van der Waals surface area contributed by atoms with Crippen molar-refractivity contribution in [2.24, 2.45) is 5.92 Å². The molecule has 0 spiro atoms. The van der Waals surface area contributed by atoms with Crippen LogP contribution >= 0.6 is 0 Å². The van der Waals surface area contributed by atoms with Gasteiger partial charge in [-0.25, -0.2) is 0 Å². The van der Waals surface area contributed by atoms with Crippen molar-refractivity contribution in [1.29, 1.82) is 0 Å². The summed E-state index contributed by atoms with van der Waals surface area (Å²) >= 11 is 0. The van der Waals surface area contributed by atoms with Crippen LogP contribution in [0.2, 0.25) is 0 Å². The first kappa shape index (κ1) is 22.1. The number of aryl methyl sites for hydroxylation is 2. The van der Waals surface area contributed by atoms with Gasteiger partial charge in [0.1, 0.15) is 0 Å². The fourth-order valence-corrected chi connectivity index (χ4v) is 4.60. The fourth-order valence-electron chi connectivity index (χ4n) is 4.60. The summed E-state index contributed by atoms with van der Waals surface area (Å²) in [7, 11) is 0. The molecule has 2 aromatic carbocycles. The molecule has 2 amide bonds. The lowest BCUT2D eigenvalue weighted by molar-refractivity contribution is -0.159. The fraction of sp³-hybridized carbons (Fsp3) is 0.423. The molecule has 1 unspecified atom stereocenters. The Morgan fingerprint density at radius 2 is 1.66 bits per heavy atom. The van der Waals surface area contributed by atoms with Gasteiger partial charge >= 0.3 is 5.97 Å². The molecule has 32 heavy (non-hydrogen) atoms. The third kappa shape index (κ3) is 4.54. The predicted octanol–water partition coefficient (Wildman–Crippen LogP) is 3.76. The maximum atomic E-state index is 13.0. The number of esters is 1. The Labute approximate surface area is 189 Å². The summed E-state index contributed by atoms with van der Waals surface area (Å²) in [6, 6.07) is 15.4. The molecule has 2 aromatic rings. The van der Waals surface area contributed by atoms with Crippen LogP contribution in [0, 0.1) is 12.8 Å². The standard InChI is InChI=1S/C26H30N2O4/c1-18-8-3-5-11-22(18)25(30)27-16-13-21(14-17-27)26(31)32-19(2)24(29)28-15-7-10-20-9-4-6-12-23(20)28/h3-6,8-9,11-12,19,21H,7,10,13-17H2,1-2H3. The highest BCUT2D eigenvalue weighted by Crippen LogP contribution is 2.28. The number of amides is 2. The molecule has 168 valence electrons. The van der Waals surface area contributed by atoms with Gasteiger partial charge < -0.3 is 14.5 Å². The van der Waals surface area contributed by atoms with E-state index in [1.165, 1.54) is 0 Å². The number of anilines is 1. The van der Waals surface area contributed by atoms with Gasteiger partial charge in [0.2, 0.25) is 0 Å². The zero-order chi connectivity index (χ0) is 22.7. The number of fused-ring (bicyclic) bond motifs is 1. The zero-order valence-electron chi connectivity index (χ0n) is 18.8. The first-order chi connectivity index (χ1) is 15.5. The Morgan fingerprint density at radius 3 is 2.41 bits per heavy atom. The molecule has 0 N–H and O–H groups in total. The van der Waals surface area contributed by atoms with Crippen LogP contribution in [0.4, 0.5) is 5.69 Å². The lowest BCUT2D eigenvalue weighted by Crippen LogP contribution is -2.45. The Balaban J connectivity index is 1.32. The van der Waals surface area contributed by atoms with Gasteiger partial charge in [-0.05, 0) is 62.8 Å². The number of hydrogen-bond donors (Lipinski definition) is 0. The number of hydrogen-bond acceptors (Lipinski definition) is 4. The van der Waals surface area contributed by atoms with E-state index in [0.717, 1.165) is 29.7 Å². The molecule has 0 bridgehead atoms. The average molecular weight is 435 g/mol. The van der Waals surface area contributed by atoms with Crippen LogP contribution < -0.4 is 4.90 Å². The number of carbonyl (C=O) groups excluding carboxylic acids is 3. The normalized spacial score (nSPS) is 17.4. The van der Waals surface area contributed by atoms with Gasteiger partial charge in [-0.2, -0.15) is 0 Å². The van der Waals surface area contributed by atoms with Gasteiger partial charge in [-0.15, -0.1) is 0 Å². The minimum atomic E-state index is -0.833. The first-order valence-electron chi connectivity index (χ1n) is 11.4. The molecule has 6 nitrogen and oxygen atoms in total. The highest BCUT2D eigenvalue weighted by atomic mass is 16.5. The Hall–Kier alpha value is -3.15. The largest absolute Gasteiger partial charge is 0.452 e. The molecule has 2 heterocycles. The van der Waals surface area contributed by atoms with Crippen molar-refractivity contribution < 1.29 is 19.1 Å². The first-order valence-corrected chi connectivity index (χ1v) is 11.4. The van der Waals surface area contributed by atoms with Crippen molar-refractivity contribution in [3.8, 4) is 0 Å². The van der Waals surface area contributed by atoms with Crippen LogP contribution in [0.3, 0.4) is 0 Å². The summed E-state index contributed by atoms with van der Waals surface area (Å²) in [5, 5.41) is 0. The minimum Gasteiger partial charge on any atom is -0.452 e. The maximum absolute atomic E-state index is 13.0. The van der Waals surface area contributed by atoms with Crippen molar-refractivity contribution >= 4 is 23.5 Å². The molecule has 1 atom stereocenters. The highest BCUT2D eigenvalue weighted by Gasteiger charge is 2.33. The van der Waals surface area contributed by atoms with Crippen LogP contribution in [0.15, 0.2) is 48.5 Å². The molecule has 2 aliphatic rings. The van der Waals surface area contributed by atoms with E-state index in [4.69, 9.17) is 4.74 Å². The van der Waals surface area contributed by atoms with Crippen LogP contribution in [-0.4, -0.2) is 48.4 Å². The van der Waals surface area contributed by atoms with Crippen molar-refractivity contribution in [2.75, 3.05) is 24.5 Å². The van der Waals surface area contributed by atoms with Crippen LogP contribution in [0.25, 0.3) is 0 Å². The highest BCUT2D eigenvalue weighted by molar-refractivity contribution is 5.98. The van der Waals surface area contributed by atoms with Gasteiger partial charge in [-0.3, -0.25) is 14.4 Å². The Kier molecular flexibility index (Phi) is 6.58. The Bertz CT molecular complexity index is 1010. The van der Waals surface area contributed by atoms with Crippen molar-refractivity contribution in [2.45, 2.75) is 45.6 Å². The van der Waals surface area contributed by atoms with Gasteiger partial charge in [0.25, 0.3) is 11.8 Å². The molecule has 0 saturated carbocycles. The number of likely N-dealkylation sites (tertiary alicyclic amines) is 1. The molecule has 0 radical (unpaired) electrons. The lowest BCUT2D eigenvalue weighted by Gasteiger charge is -2.33. The van der Waals surface area contributed by atoms with Crippen molar-refractivity contribution in [3.05, 3.63) is 65.2 Å². The van der Waals surface area contributed by atoms with E-state index in [1.54, 1.807) is 16.7 Å². The number of rotatable bonds is 4. The topological polar surface area (TPSA) is 66.9 Å². The third-order valence-corrected chi connectivity index (χ3v) is 6.51. The summed E-state index contributed by atoms with van der Waals surface area (Å²) in [6.07, 6.45) is 2.11. The van der Waals surface area contributed by atoms with E-state index in [1.807, 2.05) is 55.5 Å². The lowest BCUT2D eigenvalue weighted by atomic mass is 9.96. The number of ether oxygens (including phenoxy) is 1. The maximum Gasteiger partial charge on any atom is 0.309 e. The molecule has 6 heteroatoms. The monoisotopic (exact) mass is 434 g/mol. The van der Waals surface area contributed by atoms with Crippen LogP contribution in [-0.2, 0) is 20.7 Å². The summed E-state index contributed by atoms with van der Waals surface area (Å²) in [5.41, 5.74) is 3.71. The van der Waals surface area contributed by atoms with Gasteiger partial charge in [0.15, 0.2) is 6.10 Å². The molecular formula is C26H30N2O4. The number of nitrogens with zero attached hydrogens (tertiary/aromatic N) is 2. The molecule has 1 fully saturated rings. The van der Waals surface area contributed by atoms with E-state index in [9.17, 15) is 14.4 Å². The third-order valence-electron chi connectivity index (χ3n) is 6.51. The summed E-state index contributed by atoms with van der Waals surface area (Å²) in [6.45, 7) is 5.23. The summed E-state index contributed by atoms with van der Waals surface area (Å²) in [4.78, 5) is 42.1. The second-order valence-corrected chi connectivity index (χ2v) is 8.68. The van der Waals surface area contributed by atoms with Crippen LogP contribution in [0.1, 0.15) is 47.7 Å². The van der Waals surface area contributed by atoms with Crippen LogP contribution in [0.5, 0.6) is 0 Å². The second kappa shape index (κ2) is 9.55. The van der Waals surface area contributed by atoms with E-state index in [0.29, 0.717) is 38.0 Å². The SMILES string of the molecule is Cc1ccccc1C(=O)N1CCC(C(=O)OC(C)C(=O)N2CCCc3ccccc32)CC1. The van der Waals surface area contributed by atoms with Gasteiger partial charge in [-0.1, -0.05) is 36.4 Å². The molecule has 4 rings (SSSR count). The van der Waals surface area contributed by atoms with Crippen molar-refractivity contribution in [1.82, 2.24) is 4.90 Å². The Morgan fingerprint density at radius 1 is 0.969 bits per heavy atom. The molecular weight excluding hydrogens is 404 g/mol. The second-order valence-electron chi connectivity index (χ2n) is 8.68. The average Bonchev–Trinajstić information content (AvgIpc) is 2.83. The van der Waals surface area contributed by atoms with Gasteiger partial charge in [0, 0.05) is 30.9 Å².